The van der Waals surface area contributed by atoms with E-state index in [2.05, 4.69) is 45.9 Å². The first-order chi connectivity index (χ1) is 16.2. The minimum absolute atomic E-state index is 0.246. The molecule has 4 rings (SSSR count). The number of anilines is 2. The van der Waals surface area contributed by atoms with Crippen molar-refractivity contribution in [3.8, 4) is 11.8 Å². The molecule has 1 saturated heterocycles. The van der Waals surface area contributed by atoms with Crippen LogP contribution in [0.3, 0.4) is 0 Å². The van der Waals surface area contributed by atoms with Crippen molar-refractivity contribution >= 4 is 17.4 Å². The third-order valence-electron chi connectivity index (χ3n) is 5.66. The number of hydrogen-bond donors (Lipinski definition) is 2. The second-order valence-corrected chi connectivity index (χ2v) is 8.14. The second kappa shape index (κ2) is 11.1. The lowest BCUT2D eigenvalue weighted by Gasteiger charge is -2.17. The van der Waals surface area contributed by atoms with E-state index in [0.717, 1.165) is 35.5 Å². The minimum atomic E-state index is -0.246. The van der Waals surface area contributed by atoms with E-state index in [1.54, 1.807) is 0 Å². The molecule has 3 aromatic rings. The van der Waals surface area contributed by atoms with Gasteiger partial charge in [-0.1, -0.05) is 36.4 Å². The van der Waals surface area contributed by atoms with Gasteiger partial charge in [-0.2, -0.15) is 5.26 Å². The summed E-state index contributed by atoms with van der Waals surface area (Å²) >= 11 is 0. The fraction of sp³-hybridized carbons (Fsp3) is 0.259. The summed E-state index contributed by atoms with van der Waals surface area (Å²) in [4.78, 5) is 14.7. The Morgan fingerprint density at radius 1 is 0.939 bits per heavy atom. The van der Waals surface area contributed by atoms with Crippen LogP contribution in [0.5, 0.6) is 5.75 Å². The van der Waals surface area contributed by atoms with Crippen LogP contribution < -0.4 is 20.3 Å². The molecule has 1 aliphatic rings. The van der Waals surface area contributed by atoms with Crippen molar-refractivity contribution in [3.63, 3.8) is 0 Å². The van der Waals surface area contributed by atoms with Gasteiger partial charge in [0.2, 0.25) is 0 Å². The molecular formula is C27H28N4O2. The van der Waals surface area contributed by atoms with Crippen LogP contribution in [0.1, 0.15) is 29.5 Å². The van der Waals surface area contributed by atoms with E-state index in [1.165, 1.54) is 18.5 Å². The third kappa shape index (κ3) is 6.50. The van der Waals surface area contributed by atoms with Crippen LogP contribution in [0, 0.1) is 11.3 Å². The van der Waals surface area contributed by atoms with Gasteiger partial charge in [0, 0.05) is 31.0 Å². The minimum Gasteiger partial charge on any atom is -0.489 e. The maximum Gasteiger partial charge on any atom is 0.319 e. The van der Waals surface area contributed by atoms with Gasteiger partial charge in [-0.3, -0.25) is 0 Å². The number of nitrogens with one attached hydrogen (secondary N) is 2. The number of carbonyl (C=O) groups is 1. The number of amides is 2. The fourth-order valence-electron chi connectivity index (χ4n) is 3.86. The Hall–Kier alpha value is -3.98. The first-order valence-corrected chi connectivity index (χ1v) is 11.3. The molecule has 3 aromatic carbocycles. The van der Waals surface area contributed by atoms with Crippen LogP contribution in [0.25, 0.3) is 0 Å². The van der Waals surface area contributed by atoms with Crippen LogP contribution in [-0.4, -0.2) is 19.1 Å². The van der Waals surface area contributed by atoms with Crippen molar-refractivity contribution in [1.29, 1.82) is 5.26 Å². The molecule has 6 heteroatoms. The zero-order chi connectivity index (χ0) is 22.9. The summed E-state index contributed by atoms with van der Waals surface area (Å²) < 4.78 is 5.82. The van der Waals surface area contributed by atoms with Crippen LogP contribution in [0.2, 0.25) is 0 Å². The maximum absolute atomic E-state index is 12.4. The lowest BCUT2D eigenvalue weighted by Crippen LogP contribution is -2.28. The lowest BCUT2D eigenvalue weighted by molar-refractivity contribution is 0.251. The predicted octanol–water partition coefficient (Wildman–Crippen LogP) is 5.25. The molecular weight excluding hydrogens is 412 g/mol. The molecule has 0 aliphatic carbocycles. The van der Waals surface area contributed by atoms with Gasteiger partial charge in [-0.15, -0.1) is 0 Å². The highest BCUT2D eigenvalue weighted by Gasteiger charge is 2.12. The van der Waals surface area contributed by atoms with Crippen LogP contribution in [0.15, 0.2) is 72.8 Å². The maximum atomic E-state index is 12.4. The van der Waals surface area contributed by atoms with Gasteiger partial charge in [-0.05, 0) is 65.9 Å². The number of rotatable bonds is 8. The quantitative estimate of drug-likeness (QED) is 0.501. The Balaban J connectivity index is 1.24. The SMILES string of the molecule is N#CCc1ccc(OCc2cccc(NC(=O)NCc3ccc(N4CCCC4)cc3)c2)cc1. The van der Waals surface area contributed by atoms with Crippen LogP contribution >= 0.6 is 0 Å². The summed E-state index contributed by atoms with van der Waals surface area (Å²) in [5.41, 5.74) is 4.94. The highest BCUT2D eigenvalue weighted by molar-refractivity contribution is 5.89. The number of nitrogens with zero attached hydrogens (tertiary/aromatic N) is 2. The molecule has 1 fully saturated rings. The van der Waals surface area contributed by atoms with E-state index in [1.807, 2.05) is 48.5 Å². The number of carbonyl (C=O) groups excluding carboxylic acids is 1. The van der Waals surface area contributed by atoms with Crippen molar-refractivity contribution in [2.45, 2.75) is 32.4 Å². The molecule has 168 valence electrons. The Kier molecular flexibility index (Phi) is 7.44. The molecule has 0 atom stereocenters. The molecule has 0 saturated carbocycles. The van der Waals surface area contributed by atoms with E-state index in [4.69, 9.17) is 10.00 Å². The monoisotopic (exact) mass is 440 g/mol. The average Bonchev–Trinajstić information content (AvgIpc) is 3.38. The van der Waals surface area contributed by atoms with Crippen LogP contribution in [0.4, 0.5) is 16.2 Å². The van der Waals surface area contributed by atoms with Crippen molar-refractivity contribution < 1.29 is 9.53 Å². The van der Waals surface area contributed by atoms with Crippen molar-refractivity contribution in [1.82, 2.24) is 5.32 Å². The van der Waals surface area contributed by atoms with Gasteiger partial charge in [0.25, 0.3) is 0 Å². The summed E-state index contributed by atoms with van der Waals surface area (Å²) in [5, 5.41) is 14.5. The lowest BCUT2D eigenvalue weighted by atomic mass is 10.1. The summed E-state index contributed by atoms with van der Waals surface area (Å²) in [7, 11) is 0. The third-order valence-corrected chi connectivity index (χ3v) is 5.66. The summed E-state index contributed by atoms with van der Waals surface area (Å²) in [6.07, 6.45) is 2.90. The second-order valence-electron chi connectivity index (χ2n) is 8.14. The zero-order valence-electron chi connectivity index (χ0n) is 18.6. The van der Waals surface area contributed by atoms with E-state index < -0.39 is 0 Å². The molecule has 2 N–H and O–H groups in total. The number of benzene rings is 3. The summed E-state index contributed by atoms with van der Waals surface area (Å²) in [6, 6.07) is 25.4. The molecule has 2 amide bonds. The molecule has 0 spiro atoms. The van der Waals surface area contributed by atoms with Gasteiger partial charge in [0.05, 0.1) is 12.5 Å². The largest absolute Gasteiger partial charge is 0.489 e. The molecule has 33 heavy (non-hydrogen) atoms. The Bertz CT molecular complexity index is 1100. The Labute approximate surface area is 194 Å². The molecule has 0 aromatic heterocycles. The van der Waals surface area contributed by atoms with Gasteiger partial charge >= 0.3 is 6.03 Å². The van der Waals surface area contributed by atoms with Crippen molar-refractivity contribution in [3.05, 3.63) is 89.5 Å². The molecule has 0 radical (unpaired) electrons. The van der Waals surface area contributed by atoms with Crippen molar-refractivity contribution in [2.75, 3.05) is 23.3 Å². The van der Waals surface area contributed by atoms with Gasteiger partial charge in [0.1, 0.15) is 12.4 Å². The van der Waals surface area contributed by atoms with E-state index in [0.29, 0.717) is 25.3 Å². The first-order valence-electron chi connectivity index (χ1n) is 11.3. The smallest absolute Gasteiger partial charge is 0.319 e. The highest BCUT2D eigenvalue weighted by Crippen LogP contribution is 2.20. The number of nitriles is 1. The Morgan fingerprint density at radius 2 is 1.67 bits per heavy atom. The predicted molar refractivity (Wildman–Crippen MR) is 130 cm³/mol. The van der Waals surface area contributed by atoms with E-state index in [9.17, 15) is 4.79 Å². The summed E-state index contributed by atoms with van der Waals surface area (Å²) in [5.74, 6) is 0.739. The zero-order valence-corrected chi connectivity index (χ0v) is 18.6. The molecule has 1 aliphatic heterocycles. The number of ether oxygens (including phenoxy) is 1. The van der Waals surface area contributed by atoms with Gasteiger partial charge in [-0.25, -0.2) is 4.79 Å². The topological polar surface area (TPSA) is 77.4 Å². The number of urea groups is 1. The van der Waals surface area contributed by atoms with Crippen LogP contribution in [-0.2, 0) is 19.6 Å². The first kappa shape index (κ1) is 22.2. The standard InChI is InChI=1S/C27H28N4O2/c28-15-14-21-8-12-26(13-9-21)33-20-23-4-3-5-24(18-23)30-27(32)29-19-22-6-10-25(11-7-22)31-16-1-2-17-31/h3-13,18H,1-2,14,16-17,19-20H2,(H2,29,30,32). The molecule has 0 unspecified atom stereocenters. The van der Waals surface area contributed by atoms with Crippen molar-refractivity contribution in [2.24, 2.45) is 0 Å². The van der Waals surface area contributed by atoms with Gasteiger partial charge < -0.3 is 20.3 Å². The highest BCUT2D eigenvalue weighted by atomic mass is 16.5. The molecule has 6 nitrogen and oxygen atoms in total. The average molecular weight is 441 g/mol. The normalized spacial score (nSPS) is 12.8. The van der Waals surface area contributed by atoms with E-state index in [-0.39, 0.29) is 6.03 Å². The molecule has 0 bridgehead atoms. The Morgan fingerprint density at radius 3 is 2.39 bits per heavy atom. The number of hydrogen-bond acceptors (Lipinski definition) is 4. The van der Waals surface area contributed by atoms with E-state index >= 15 is 0 Å². The summed E-state index contributed by atoms with van der Waals surface area (Å²) in [6.45, 7) is 3.10. The fourth-order valence-corrected chi connectivity index (χ4v) is 3.86. The van der Waals surface area contributed by atoms with Gasteiger partial charge in [0.15, 0.2) is 0 Å². The molecule has 1 heterocycles.